The second-order valence-electron chi connectivity index (χ2n) is 19.7. The Hall–Kier alpha value is -1.59. The molecule has 0 spiro atoms. The maximum atomic E-state index is 12.8. The SMILES string of the molecule is CCCCCCCCCCCCCCCCCCCCC(=O)OC[C@H](COC(=O)CCCCCCCCCCCC)OC(=O)CCCCCCCCCCCCCCCC(C)C. The Morgan fingerprint density at radius 2 is 0.532 bits per heavy atom. The van der Waals surface area contributed by atoms with Gasteiger partial charge < -0.3 is 14.2 Å². The van der Waals surface area contributed by atoms with E-state index in [1.165, 1.54) is 212 Å². The standard InChI is InChI=1S/C56H108O6/c1-5-7-9-11-13-15-17-18-19-20-21-22-25-28-32-36-40-44-48-55(58)61-51-53(50-60-54(57)47-43-39-35-31-16-14-12-10-8-6-2)62-56(59)49-45-41-37-33-29-26-23-24-27-30-34-38-42-46-52(3)4/h52-53H,5-51H2,1-4H3/t53-/m0/s1. The van der Waals surface area contributed by atoms with Gasteiger partial charge in [0.15, 0.2) is 6.10 Å². The number of ether oxygens (including phenoxy) is 3. The lowest BCUT2D eigenvalue weighted by Gasteiger charge is -2.18. The van der Waals surface area contributed by atoms with Crippen molar-refractivity contribution in [1.29, 1.82) is 0 Å². The van der Waals surface area contributed by atoms with Crippen LogP contribution in [0.25, 0.3) is 0 Å². The quantitative estimate of drug-likeness (QED) is 0.0344. The summed E-state index contributed by atoms with van der Waals surface area (Å²) in [5.74, 6) is -0.00215. The Morgan fingerprint density at radius 3 is 0.790 bits per heavy atom. The van der Waals surface area contributed by atoms with Gasteiger partial charge in [0.2, 0.25) is 0 Å². The summed E-state index contributed by atoms with van der Waals surface area (Å²) in [6, 6.07) is 0. The van der Waals surface area contributed by atoms with E-state index in [0.717, 1.165) is 63.7 Å². The van der Waals surface area contributed by atoms with Crippen LogP contribution in [0.2, 0.25) is 0 Å². The lowest BCUT2D eigenvalue weighted by molar-refractivity contribution is -0.167. The van der Waals surface area contributed by atoms with Crippen LogP contribution < -0.4 is 0 Å². The highest BCUT2D eigenvalue weighted by Crippen LogP contribution is 2.18. The molecule has 0 heterocycles. The van der Waals surface area contributed by atoms with Crippen molar-refractivity contribution >= 4 is 17.9 Å². The van der Waals surface area contributed by atoms with Crippen molar-refractivity contribution in [3.63, 3.8) is 0 Å². The Kier molecular flexibility index (Phi) is 49.1. The second kappa shape index (κ2) is 50.4. The van der Waals surface area contributed by atoms with Gasteiger partial charge in [0, 0.05) is 19.3 Å². The van der Waals surface area contributed by atoms with Gasteiger partial charge in [-0.1, -0.05) is 278 Å². The molecule has 0 saturated heterocycles. The molecule has 0 fully saturated rings. The van der Waals surface area contributed by atoms with Crippen LogP contribution in [0.1, 0.15) is 317 Å². The molecular weight excluding hydrogens is 769 g/mol. The smallest absolute Gasteiger partial charge is 0.306 e. The summed E-state index contributed by atoms with van der Waals surface area (Å²) in [5.41, 5.74) is 0. The molecule has 0 aromatic heterocycles. The Labute approximate surface area is 387 Å². The molecule has 0 rings (SSSR count). The molecule has 0 aromatic carbocycles. The topological polar surface area (TPSA) is 78.9 Å². The Morgan fingerprint density at radius 1 is 0.306 bits per heavy atom. The second-order valence-corrected chi connectivity index (χ2v) is 19.7. The van der Waals surface area contributed by atoms with E-state index in [1.807, 2.05) is 0 Å². The number of carbonyl (C=O) groups is 3. The van der Waals surface area contributed by atoms with Crippen LogP contribution >= 0.6 is 0 Å². The Balaban J connectivity index is 4.24. The van der Waals surface area contributed by atoms with E-state index < -0.39 is 6.10 Å². The molecule has 0 unspecified atom stereocenters. The maximum Gasteiger partial charge on any atom is 0.306 e. The van der Waals surface area contributed by atoms with Gasteiger partial charge in [-0.05, 0) is 25.2 Å². The van der Waals surface area contributed by atoms with Gasteiger partial charge >= 0.3 is 17.9 Å². The average Bonchev–Trinajstić information content (AvgIpc) is 3.26. The fourth-order valence-corrected chi connectivity index (χ4v) is 8.57. The number of hydrogen-bond donors (Lipinski definition) is 0. The van der Waals surface area contributed by atoms with Gasteiger partial charge in [0.25, 0.3) is 0 Å². The first-order valence-electron chi connectivity index (χ1n) is 27.9. The van der Waals surface area contributed by atoms with Gasteiger partial charge in [-0.3, -0.25) is 14.4 Å². The van der Waals surface area contributed by atoms with Gasteiger partial charge in [-0.15, -0.1) is 0 Å². The third-order valence-corrected chi connectivity index (χ3v) is 12.8. The summed E-state index contributed by atoms with van der Waals surface area (Å²) in [5, 5.41) is 0. The van der Waals surface area contributed by atoms with Crippen LogP contribution in [-0.2, 0) is 28.6 Å². The lowest BCUT2D eigenvalue weighted by Crippen LogP contribution is -2.30. The summed E-state index contributed by atoms with van der Waals surface area (Å²) in [6.45, 7) is 9.04. The van der Waals surface area contributed by atoms with Crippen molar-refractivity contribution in [2.75, 3.05) is 13.2 Å². The number of esters is 3. The molecule has 62 heavy (non-hydrogen) atoms. The molecule has 6 nitrogen and oxygen atoms in total. The summed E-state index contributed by atoms with van der Waals surface area (Å²) < 4.78 is 16.8. The molecule has 0 aliphatic heterocycles. The lowest BCUT2D eigenvalue weighted by atomic mass is 10.0. The number of unbranched alkanes of at least 4 members (excludes halogenated alkanes) is 38. The third-order valence-electron chi connectivity index (χ3n) is 12.8. The summed E-state index contributed by atoms with van der Waals surface area (Å²) >= 11 is 0. The van der Waals surface area contributed by atoms with Crippen LogP contribution in [0.5, 0.6) is 0 Å². The zero-order valence-electron chi connectivity index (χ0n) is 42.3. The van der Waals surface area contributed by atoms with Crippen molar-refractivity contribution < 1.29 is 28.6 Å². The van der Waals surface area contributed by atoms with E-state index in [0.29, 0.717) is 19.3 Å². The Bertz CT molecular complexity index is 933. The minimum atomic E-state index is -0.761. The first-order chi connectivity index (χ1) is 30.4. The predicted octanol–water partition coefficient (Wildman–Crippen LogP) is 18.2. The van der Waals surface area contributed by atoms with Gasteiger partial charge in [-0.25, -0.2) is 0 Å². The van der Waals surface area contributed by atoms with Gasteiger partial charge in [-0.2, -0.15) is 0 Å². The predicted molar refractivity (Wildman–Crippen MR) is 266 cm³/mol. The molecule has 1 atom stereocenters. The molecule has 0 aliphatic rings. The van der Waals surface area contributed by atoms with Crippen LogP contribution in [-0.4, -0.2) is 37.2 Å². The van der Waals surface area contributed by atoms with Gasteiger partial charge in [0.1, 0.15) is 13.2 Å². The van der Waals surface area contributed by atoms with Crippen molar-refractivity contribution in [3.8, 4) is 0 Å². The fourth-order valence-electron chi connectivity index (χ4n) is 8.57. The normalized spacial score (nSPS) is 12.0. The van der Waals surface area contributed by atoms with E-state index in [9.17, 15) is 14.4 Å². The molecule has 368 valence electrons. The highest BCUT2D eigenvalue weighted by atomic mass is 16.6. The van der Waals surface area contributed by atoms with Crippen molar-refractivity contribution in [1.82, 2.24) is 0 Å². The van der Waals surface area contributed by atoms with E-state index in [2.05, 4.69) is 27.7 Å². The van der Waals surface area contributed by atoms with E-state index in [4.69, 9.17) is 14.2 Å². The van der Waals surface area contributed by atoms with Crippen LogP contribution in [0.3, 0.4) is 0 Å². The zero-order chi connectivity index (χ0) is 45.2. The van der Waals surface area contributed by atoms with Crippen LogP contribution in [0, 0.1) is 5.92 Å². The van der Waals surface area contributed by atoms with Crippen LogP contribution in [0.15, 0.2) is 0 Å². The number of rotatable bonds is 51. The van der Waals surface area contributed by atoms with Gasteiger partial charge in [0.05, 0.1) is 0 Å². The molecular formula is C56H108O6. The van der Waals surface area contributed by atoms with Crippen molar-refractivity contribution in [2.24, 2.45) is 5.92 Å². The van der Waals surface area contributed by atoms with E-state index in [-0.39, 0.29) is 31.1 Å². The highest BCUT2D eigenvalue weighted by Gasteiger charge is 2.19. The first kappa shape index (κ1) is 60.4. The maximum absolute atomic E-state index is 12.8. The third kappa shape index (κ3) is 49.4. The van der Waals surface area contributed by atoms with Crippen molar-refractivity contribution in [3.05, 3.63) is 0 Å². The first-order valence-corrected chi connectivity index (χ1v) is 27.9. The minimum Gasteiger partial charge on any atom is -0.462 e. The number of hydrogen-bond acceptors (Lipinski definition) is 6. The molecule has 0 saturated carbocycles. The molecule has 6 heteroatoms. The summed E-state index contributed by atoms with van der Waals surface area (Å²) in [4.78, 5) is 38.0. The largest absolute Gasteiger partial charge is 0.462 e. The zero-order valence-corrected chi connectivity index (χ0v) is 42.3. The summed E-state index contributed by atoms with van der Waals surface area (Å²) in [6.07, 6.45) is 53.8. The highest BCUT2D eigenvalue weighted by molar-refractivity contribution is 5.71. The monoisotopic (exact) mass is 877 g/mol. The van der Waals surface area contributed by atoms with E-state index in [1.54, 1.807) is 0 Å². The molecule has 0 radical (unpaired) electrons. The van der Waals surface area contributed by atoms with Crippen LogP contribution in [0.4, 0.5) is 0 Å². The average molecular weight is 877 g/mol. The molecule has 0 aromatic rings. The minimum absolute atomic E-state index is 0.0622. The molecule has 0 aliphatic carbocycles. The molecule has 0 amide bonds. The molecule has 0 N–H and O–H groups in total. The van der Waals surface area contributed by atoms with Crippen molar-refractivity contribution in [2.45, 2.75) is 323 Å². The molecule has 0 bridgehead atoms. The van der Waals surface area contributed by atoms with E-state index >= 15 is 0 Å². The fraction of sp³-hybridized carbons (Fsp3) is 0.946. The summed E-state index contributed by atoms with van der Waals surface area (Å²) in [7, 11) is 0. The number of carbonyl (C=O) groups excluding carboxylic acids is 3.